The van der Waals surface area contributed by atoms with Gasteiger partial charge < -0.3 is 16.0 Å². The van der Waals surface area contributed by atoms with Gasteiger partial charge >= 0.3 is 0 Å². The Morgan fingerprint density at radius 3 is 2.82 bits per heavy atom. The average molecular weight is 233 g/mol. The number of nitrogens with two attached hydrogens (primary N) is 1. The number of carbonyl (C=O) groups is 1. The van der Waals surface area contributed by atoms with Gasteiger partial charge in [0.15, 0.2) is 0 Å². The molecule has 1 amide bonds. The third-order valence-corrected chi connectivity index (χ3v) is 3.09. The van der Waals surface area contributed by atoms with E-state index in [4.69, 9.17) is 5.73 Å². The summed E-state index contributed by atoms with van der Waals surface area (Å²) in [7, 11) is 2.07. The molecule has 17 heavy (non-hydrogen) atoms. The number of carbonyl (C=O) groups excluding carboxylic acids is 1. The number of rotatable bonds is 2. The molecule has 4 nitrogen and oxygen atoms in total. The van der Waals surface area contributed by atoms with Crippen molar-refractivity contribution in [2.24, 2.45) is 0 Å². The molecule has 1 aromatic carbocycles. The summed E-state index contributed by atoms with van der Waals surface area (Å²) < 4.78 is 0. The van der Waals surface area contributed by atoms with E-state index in [-0.39, 0.29) is 11.9 Å². The first-order chi connectivity index (χ1) is 8.04. The van der Waals surface area contributed by atoms with Gasteiger partial charge in [0.05, 0.1) is 0 Å². The van der Waals surface area contributed by atoms with Gasteiger partial charge in [0.2, 0.25) is 0 Å². The van der Waals surface area contributed by atoms with Gasteiger partial charge in [-0.2, -0.15) is 0 Å². The number of amides is 1. The van der Waals surface area contributed by atoms with Crippen molar-refractivity contribution < 1.29 is 4.79 Å². The van der Waals surface area contributed by atoms with Crippen LogP contribution in [0.1, 0.15) is 22.3 Å². The SMILES string of the molecule is Cc1cc(N)cc(C(=O)NC2CCN(C)C2)c1. The van der Waals surface area contributed by atoms with E-state index in [9.17, 15) is 4.79 Å². The van der Waals surface area contributed by atoms with Crippen molar-refractivity contribution in [3.8, 4) is 0 Å². The molecule has 1 fully saturated rings. The summed E-state index contributed by atoms with van der Waals surface area (Å²) in [5.74, 6) is -0.0271. The molecule has 1 atom stereocenters. The standard InChI is InChI=1S/C13H19N3O/c1-9-5-10(7-11(14)6-9)13(17)15-12-3-4-16(2)8-12/h5-7,12H,3-4,8,14H2,1-2H3,(H,15,17). The van der Waals surface area contributed by atoms with E-state index in [0.717, 1.165) is 25.1 Å². The van der Waals surface area contributed by atoms with Crippen LogP contribution in [0.5, 0.6) is 0 Å². The maximum absolute atomic E-state index is 12.0. The van der Waals surface area contributed by atoms with Gasteiger partial charge in [-0.3, -0.25) is 4.79 Å². The predicted molar refractivity (Wildman–Crippen MR) is 69.0 cm³/mol. The summed E-state index contributed by atoms with van der Waals surface area (Å²) in [6.45, 7) is 3.91. The highest BCUT2D eigenvalue weighted by Crippen LogP contribution is 2.12. The fraction of sp³-hybridized carbons (Fsp3) is 0.462. The smallest absolute Gasteiger partial charge is 0.251 e. The van der Waals surface area contributed by atoms with E-state index in [2.05, 4.69) is 17.3 Å². The number of nitrogens with one attached hydrogen (secondary N) is 1. The molecule has 0 aliphatic carbocycles. The Labute approximate surface area is 102 Å². The van der Waals surface area contributed by atoms with E-state index in [1.807, 2.05) is 19.1 Å². The zero-order valence-corrected chi connectivity index (χ0v) is 10.4. The summed E-state index contributed by atoms with van der Waals surface area (Å²) in [6, 6.07) is 5.71. The van der Waals surface area contributed by atoms with Gasteiger partial charge in [0, 0.05) is 23.8 Å². The molecule has 1 heterocycles. The molecule has 0 aromatic heterocycles. The van der Waals surface area contributed by atoms with Crippen LogP contribution < -0.4 is 11.1 Å². The van der Waals surface area contributed by atoms with Gasteiger partial charge in [0.25, 0.3) is 5.91 Å². The van der Waals surface area contributed by atoms with Crippen LogP contribution in [0.3, 0.4) is 0 Å². The van der Waals surface area contributed by atoms with Crippen molar-refractivity contribution in [3.63, 3.8) is 0 Å². The number of aryl methyl sites for hydroxylation is 1. The first-order valence-corrected chi connectivity index (χ1v) is 5.91. The third-order valence-electron chi connectivity index (χ3n) is 3.09. The normalized spacial score (nSPS) is 20.5. The molecule has 1 aliphatic heterocycles. The Morgan fingerprint density at radius 1 is 1.47 bits per heavy atom. The van der Waals surface area contributed by atoms with Crippen LogP contribution in [0.25, 0.3) is 0 Å². The number of anilines is 1. The van der Waals surface area contributed by atoms with Gasteiger partial charge in [0.1, 0.15) is 0 Å². The number of nitrogens with zero attached hydrogens (tertiary/aromatic N) is 1. The molecule has 2 rings (SSSR count). The molecular weight excluding hydrogens is 214 g/mol. The lowest BCUT2D eigenvalue weighted by Gasteiger charge is -2.13. The number of nitrogen functional groups attached to an aromatic ring is 1. The fourth-order valence-corrected chi connectivity index (χ4v) is 2.27. The van der Waals surface area contributed by atoms with Crippen LogP contribution >= 0.6 is 0 Å². The van der Waals surface area contributed by atoms with Gasteiger partial charge in [-0.15, -0.1) is 0 Å². The van der Waals surface area contributed by atoms with E-state index >= 15 is 0 Å². The second-order valence-electron chi connectivity index (χ2n) is 4.85. The molecule has 0 radical (unpaired) electrons. The molecule has 4 heteroatoms. The summed E-state index contributed by atoms with van der Waals surface area (Å²) >= 11 is 0. The first-order valence-electron chi connectivity index (χ1n) is 5.91. The van der Waals surface area contributed by atoms with Crippen molar-refractivity contribution in [3.05, 3.63) is 29.3 Å². The maximum Gasteiger partial charge on any atom is 0.251 e. The monoisotopic (exact) mass is 233 g/mol. The van der Waals surface area contributed by atoms with E-state index in [1.54, 1.807) is 6.07 Å². The largest absolute Gasteiger partial charge is 0.399 e. The van der Waals surface area contributed by atoms with Crippen LogP contribution in [-0.4, -0.2) is 37.0 Å². The van der Waals surface area contributed by atoms with Crippen molar-refractivity contribution >= 4 is 11.6 Å². The zero-order valence-electron chi connectivity index (χ0n) is 10.4. The van der Waals surface area contributed by atoms with Gasteiger partial charge in [-0.1, -0.05) is 0 Å². The molecule has 92 valence electrons. The fourth-order valence-electron chi connectivity index (χ4n) is 2.27. The van der Waals surface area contributed by atoms with Gasteiger partial charge in [-0.25, -0.2) is 0 Å². The molecule has 0 saturated carbocycles. The van der Waals surface area contributed by atoms with Crippen LogP contribution in [0, 0.1) is 6.92 Å². The molecule has 1 unspecified atom stereocenters. The van der Waals surface area contributed by atoms with Crippen LogP contribution in [-0.2, 0) is 0 Å². The van der Waals surface area contributed by atoms with Crippen LogP contribution in [0.15, 0.2) is 18.2 Å². The quantitative estimate of drug-likeness (QED) is 0.750. The molecule has 0 bridgehead atoms. The summed E-state index contributed by atoms with van der Waals surface area (Å²) in [5, 5.41) is 3.04. The lowest BCUT2D eigenvalue weighted by Crippen LogP contribution is -2.36. The molecule has 0 spiro atoms. The van der Waals surface area contributed by atoms with E-state index in [0.29, 0.717) is 11.3 Å². The number of likely N-dealkylation sites (N-methyl/N-ethyl adjacent to an activating group) is 1. The van der Waals surface area contributed by atoms with Crippen LogP contribution in [0.2, 0.25) is 0 Å². The maximum atomic E-state index is 12.0. The number of hydrogen-bond donors (Lipinski definition) is 2. The Balaban J connectivity index is 2.04. The highest BCUT2D eigenvalue weighted by molar-refractivity contribution is 5.95. The minimum absolute atomic E-state index is 0.0271. The molecule has 1 saturated heterocycles. The Bertz CT molecular complexity index is 410. The van der Waals surface area contributed by atoms with E-state index in [1.165, 1.54) is 0 Å². The lowest BCUT2D eigenvalue weighted by atomic mass is 10.1. The first kappa shape index (κ1) is 11.9. The minimum Gasteiger partial charge on any atom is -0.399 e. The van der Waals surface area contributed by atoms with Crippen LogP contribution in [0.4, 0.5) is 5.69 Å². The minimum atomic E-state index is -0.0271. The third kappa shape index (κ3) is 2.97. The average Bonchev–Trinajstić information content (AvgIpc) is 2.62. The Morgan fingerprint density at radius 2 is 2.24 bits per heavy atom. The highest BCUT2D eigenvalue weighted by atomic mass is 16.1. The molecule has 1 aliphatic rings. The van der Waals surface area contributed by atoms with Crippen molar-refractivity contribution in [2.75, 3.05) is 25.9 Å². The Hall–Kier alpha value is -1.55. The second-order valence-corrected chi connectivity index (χ2v) is 4.85. The van der Waals surface area contributed by atoms with E-state index < -0.39 is 0 Å². The number of hydrogen-bond acceptors (Lipinski definition) is 3. The second kappa shape index (κ2) is 4.75. The van der Waals surface area contributed by atoms with Crippen molar-refractivity contribution in [2.45, 2.75) is 19.4 Å². The highest BCUT2D eigenvalue weighted by Gasteiger charge is 2.21. The summed E-state index contributed by atoms with van der Waals surface area (Å²) in [5.41, 5.74) is 8.04. The number of likely N-dealkylation sites (tertiary alicyclic amines) is 1. The van der Waals surface area contributed by atoms with Crippen molar-refractivity contribution in [1.82, 2.24) is 10.2 Å². The van der Waals surface area contributed by atoms with Gasteiger partial charge in [-0.05, 0) is 50.7 Å². The predicted octanol–water partition coefficient (Wildman–Crippen LogP) is 1.01. The molecule has 3 N–H and O–H groups in total. The summed E-state index contributed by atoms with van der Waals surface area (Å²) in [6.07, 6.45) is 1.02. The topological polar surface area (TPSA) is 58.4 Å². The molecular formula is C13H19N3O. The number of benzene rings is 1. The Kier molecular flexibility index (Phi) is 3.33. The van der Waals surface area contributed by atoms with Crippen molar-refractivity contribution in [1.29, 1.82) is 0 Å². The summed E-state index contributed by atoms with van der Waals surface area (Å²) in [4.78, 5) is 14.2. The zero-order chi connectivity index (χ0) is 12.4. The lowest BCUT2D eigenvalue weighted by molar-refractivity contribution is 0.0938. The molecule has 1 aromatic rings.